The lowest BCUT2D eigenvalue weighted by molar-refractivity contribution is -0.274. The van der Waals surface area contributed by atoms with Gasteiger partial charge in [0.25, 0.3) is 5.91 Å². The van der Waals surface area contributed by atoms with Crippen LogP contribution in [0.3, 0.4) is 0 Å². The second-order valence-electron chi connectivity index (χ2n) is 7.90. The van der Waals surface area contributed by atoms with Crippen molar-refractivity contribution in [2.24, 2.45) is 0 Å². The zero-order chi connectivity index (χ0) is 25.8. The van der Waals surface area contributed by atoms with Gasteiger partial charge < -0.3 is 10.1 Å². The first-order valence-corrected chi connectivity index (χ1v) is 12.3. The summed E-state index contributed by atoms with van der Waals surface area (Å²) >= 11 is 0. The maximum absolute atomic E-state index is 12.8. The molecule has 0 aliphatic carbocycles. The molecule has 0 saturated carbocycles. The van der Waals surface area contributed by atoms with E-state index < -0.39 is 28.0 Å². The summed E-state index contributed by atoms with van der Waals surface area (Å²) in [5.74, 6) is -0.990. The maximum atomic E-state index is 12.8. The number of benzene rings is 3. The van der Waals surface area contributed by atoms with Crippen LogP contribution in [0.1, 0.15) is 34.0 Å². The molecule has 1 N–H and O–H groups in total. The number of carbonyl (C=O) groups is 1. The Bertz CT molecular complexity index is 1290. The van der Waals surface area contributed by atoms with Gasteiger partial charge in [0.2, 0.25) is 10.0 Å². The van der Waals surface area contributed by atoms with Gasteiger partial charge in [-0.3, -0.25) is 9.10 Å². The van der Waals surface area contributed by atoms with Crippen LogP contribution in [0.2, 0.25) is 0 Å². The highest BCUT2D eigenvalue weighted by Crippen LogP contribution is 2.26. The van der Waals surface area contributed by atoms with Crippen LogP contribution in [0.25, 0.3) is 0 Å². The van der Waals surface area contributed by atoms with Crippen LogP contribution in [0.15, 0.2) is 66.7 Å². The van der Waals surface area contributed by atoms with Crippen molar-refractivity contribution in [2.75, 3.05) is 15.4 Å². The predicted octanol–water partition coefficient (Wildman–Crippen LogP) is 5.81. The average Bonchev–Trinajstić information content (AvgIpc) is 2.79. The van der Waals surface area contributed by atoms with E-state index in [1.165, 1.54) is 16.4 Å². The van der Waals surface area contributed by atoms with E-state index in [0.717, 1.165) is 23.3 Å². The molecular weight excluding hydrogens is 481 g/mol. The minimum Gasteiger partial charge on any atom is -0.406 e. The van der Waals surface area contributed by atoms with E-state index in [1.54, 1.807) is 37.3 Å². The van der Waals surface area contributed by atoms with Crippen molar-refractivity contribution in [3.63, 3.8) is 0 Å². The van der Waals surface area contributed by atoms with Crippen molar-refractivity contribution in [1.82, 2.24) is 0 Å². The van der Waals surface area contributed by atoms with Gasteiger partial charge in [-0.2, -0.15) is 0 Å². The van der Waals surface area contributed by atoms with Crippen LogP contribution in [-0.4, -0.2) is 26.4 Å². The summed E-state index contributed by atoms with van der Waals surface area (Å²) < 4.78 is 67.5. The molecule has 0 fully saturated rings. The van der Waals surface area contributed by atoms with Crippen LogP contribution in [0.4, 0.5) is 24.5 Å². The third-order valence-corrected chi connectivity index (χ3v) is 7.11. The number of halogens is 3. The van der Waals surface area contributed by atoms with Gasteiger partial charge in [0, 0.05) is 11.3 Å². The fourth-order valence-electron chi connectivity index (χ4n) is 3.26. The lowest BCUT2D eigenvalue weighted by Crippen LogP contribution is -2.32. The van der Waals surface area contributed by atoms with E-state index in [2.05, 4.69) is 10.1 Å². The monoisotopic (exact) mass is 506 g/mol. The first kappa shape index (κ1) is 26.1. The van der Waals surface area contributed by atoms with Gasteiger partial charge in [0.15, 0.2) is 0 Å². The molecule has 0 aromatic heterocycles. The second-order valence-corrected chi connectivity index (χ2v) is 10.1. The number of rotatable bonds is 8. The van der Waals surface area contributed by atoms with Crippen molar-refractivity contribution in [3.05, 3.63) is 89.0 Å². The molecule has 10 heteroatoms. The van der Waals surface area contributed by atoms with Crippen molar-refractivity contribution in [2.45, 2.75) is 33.7 Å². The van der Waals surface area contributed by atoms with E-state index >= 15 is 0 Å². The van der Waals surface area contributed by atoms with Crippen LogP contribution in [-0.2, 0) is 16.6 Å². The van der Waals surface area contributed by atoms with Crippen molar-refractivity contribution >= 4 is 27.3 Å². The number of amides is 1. The standard InChI is InChI=1S/C25H25F3N2O4S/c1-4-35(32,33)30(22-12-5-17(2)18(3)15-22)16-19-6-10-21(11-7-19)29-24(31)20-8-13-23(14-9-20)34-25(26,27)28/h5-15H,4,16H2,1-3H3,(H,29,31). The molecule has 0 aliphatic rings. The fourth-order valence-corrected chi connectivity index (χ4v) is 4.35. The molecule has 3 aromatic carbocycles. The normalized spacial score (nSPS) is 11.7. The number of aryl methyl sites for hydroxylation is 2. The molecule has 6 nitrogen and oxygen atoms in total. The Morgan fingerprint density at radius 1 is 0.943 bits per heavy atom. The second kappa shape index (κ2) is 10.4. The molecule has 0 saturated heterocycles. The SMILES string of the molecule is CCS(=O)(=O)N(Cc1ccc(NC(=O)c2ccc(OC(F)(F)F)cc2)cc1)c1ccc(C)c(C)c1. The number of carbonyl (C=O) groups excluding carboxylic acids is 1. The molecule has 0 unspecified atom stereocenters. The van der Waals surface area contributed by atoms with Gasteiger partial charge in [0.1, 0.15) is 5.75 Å². The first-order valence-electron chi connectivity index (χ1n) is 10.7. The van der Waals surface area contributed by atoms with Gasteiger partial charge in [-0.1, -0.05) is 18.2 Å². The van der Waals surface area contributed by atoms with E-state index in [9.17, 15) is 26.4 Å². The Hall–Kier alpha value is -3.53. The zero-order valence-corrected chi connectivity index (χ0v) is 20.2. The Balaban J connectivity index is 1.72. The molecular formula is C25H25F3N2O4S. The first-order chi connectivity index (χ1) is 16.4. The summed E-state index contributed by atoms with van der Waals surface area (Å²) in [5.41, 5.74) is 3.93. The van der Waals surface area contributed by atoms with Gasteiger partial charge in [-0.25, -0.2) is 8.42 Å². The van der Waals surface area contributed by atoms with Crippen LogP contribution < -0.4 is 14.4 Å². The number of hydrogen-bond acceptors (Lipinski definition) is 4. The zero-order valence-electron chi connectivity index (χ0n) is 19.4. The van der Waals surface area contributed by atoms with Crippen molar-refractivity contribution < 1.29 is 31.1 Å². The third kappa shape index (κ3) is 6.98. The summed E-state index contributed by atoms with van der Waals surface area (Å²) in [4.78, 5) is 12.4. The highest BCUT2D eigenvalue weighted by molar-refractivity contribution is 7.92. The highest BCUT2D eigenvalue weighted by atomic mass is 32.2. The molecule has 3 aromatic rings. The van der Waals surface area contributed by atoms with Gasteiger partial charge >= 0.3 is 6.36 Å². The minimum absolute atomic E-state index is 0.0547. The molecule has 1 amide bonds. The molecule has 0 spiro atoms. The molecule has 186 valence electrons. The Kier molecular flexibility index (Phi) is 7.74. The largest absolute Gasteiger partial charge is 0.573 e. The molecule has 3 rings (SSSR count). The van der Waals surface area contributed by atoms with Crippen LogP contribution >= 0.6 is 0 Å². The van der Waals surface area contributed by atoms with Gasteiger partial charge in [0.05, 0.1) is 18.0 Å². The number of hydrogen-bond donors (Lipinski definition) is 1. The minimum atomic E-state index is -4.81. The molecule has 0 atom stereocenters. The van der Waals surface area contributed by atoms with Gasteiger partial charge in [-0.05, 0) is 86.0 Å². The number of ether oxygens (including phenoxy) is 1. The third-order valence-electron chi connectivity index (χ3n) is 5.37. The van der Waals surface area contributed by atoms with E-state index in [4.69, 9.17) is 0 Å². The topological polar surface area (TPSA) is 75.7 Å². The average molecular weight is 507 g/mol. The fraction of sp³-hybridized carbons (Fsp3) is 0.240. The highest BCUT2D eigenvalue weighted by Gasteiger charge is 2.31. The number of nitrogens with one attached hydrogen (secondary N) is 1. The summed E-state index contributed by atoms with van der Waals surface area (Å²) in [6.07, 6.45) is -4.81. The molecule has 0 heterocycles. The Morgan fingerprint density at radius 2 is 1.57 bits per heavy atom. The molecule has 35 heavy (non-hydrogen) atoms. The lowest BCUT2D eigenvalue weighted by Gasteiger charge is -2.25. The van der Waals surface area contributed by atoms with E-state index in [-0.39, 0.29) is 17.9 Å². The van der Waals surface area contributed by atoms with E-state index in [1.807, 2.05) is 26.0 Å². The maximum Gasteiger partial charge on any atom is 0.573 e. The molecule has 0 aliphatic heterocycles. The smallest absolute Gasteiger partial charge is 0.406 e. The quantitative estimate of drug-likeness (QED) is 0.418. The van der Waals surface area contributed by atoms with E-state index in [0.29, 0.717) is 16.9 Å². The summed E-state index contributed by atoms with van der Waals surface area (Å²) in [5, 5.41) is 2.66. The predicted molar refractivity (Wildman–Crippen MR) is 129 cm³/mol. The number of anilines is 2. The summed E-state index contributed by atoms with van der Waals surface area (Å²) in [7, 11) is -3.54. The summed E-state index contributed by atoms with van der Waals surface area (Å²) in [6.45, 7) is 5.58. The van der Waals surface area contributed by atoms with Crippen molar-refractivity contribution in [3.8, 4) is 5.75 Å². The lowest BCUT2D eigenvalue weighted by atomic mass is 10.1. The molecule has 0 bridgehead atoms. The molecule has 0 radical (unpaired) electrons. The van der Waals surface area contributed by atoms with Gasteiger partial charge in [-0.15, -0.1) is 13.2 Å². The van der Waals surface area contributed by atoms with Crippen LogP contribution in [0, 0.1) is 13.8 Å². The number of sulfonamides is 1. The van der Waals surface area contributed by atoms with Crippen LogP contribution in [0.5, 0.6) is 5.75 Å². The summed E-state index contributed by atoms with van der Waals surface area (Å²) in [6, 6.07) is 16.7. The van der Waals surface area contributed by atoms with Crippen molar-refractivity contribution in [1.29, 1.82) is 0 Å². The Labute approximate surface area is 202 Å². The number of alkyl halides is 3. The number of nitrogens with zero attached hydrogens (tertiary/aromatic N) is 1. The Morgan fingerprint density at radius 3 is 2.11 bits per heavy atom.